The molecule has 3 N–H and O–H groups in total. The van der Waals surface area contributed by atoms with Gasteiger partial charge in [-0.1, -0.05) is 29.8 Å². The number of halogens is 1. The summed E-state index contributed by atoms with van der Waals surface area (Å²) in [6, 6.07) is 8.68. The van der Waals surface area contributed by atoms with Crippen LogP contribution in [-0.2, 0) is 28.2 Å². The zero-order valence-corrected chi connectivity index (χ0v) is 16.2. The number of aliphatic carboxylic acids is 1. The average Bonchev–Trinajstić information content (AvgIpc) is 2.87. The number of carboxylic acid groups (broad SMARTS) is 1. The van der Waals surface area contributed by atoms with Crippen LogP contribution in [-0.4, -0.2) is 40.0 Å². The summed E-state index contributed by atoms with van der Waals surface area (Å²) in [6.45, 7) is 3.51. The lowest BCUT2D eigenvalue weighted by molar-refractivity contribution is -0.144. The van der Waals surface area contributed by atoms with Gasteiger partial charge in [0.1, 0.15) is 6.04 Å². The van der Waals surface area contributed by atoms with Crippen molar-refractivity contribution < 1.29 is 27.4 Å². The summed E-state index contributed by atoms with van der Waals surface area (Å²) >= 11 is 8.01. The summed E-state index contributed by atoms with van der Waals surface area (Å²) in [6.07, 6.45) is 0.905. The Kier molecular flexibility index (Phi) is 6.78. The first kappa shape index (κ1) is 20.8. The lowest BCUT2D eigenvalue weighted by Crippen LogP contribution is -2.37. The third-order valence-corrected chi connectivity index (χ3v) is 5.31. The number of fused-ring (bicyclic) bond motifs is 1. The van der Waals surface area contributed by atoms with Crippen LogP contribution in [0.2, 0.25) is 5.02 Å². The molecule has 0 amide bonds. The van der Waals surface area contributed by atoms with Crippen molar-refractivity contribution in [3.05, 3.63) is 56.2 Å². The molecular formula is C16H18ClNO6S2. The molecule has 0 fully saturated rings. The van der Waals surface area contributed by atoms with Crippen LogP contribution in [0.1, 0.15) is 26.9 Å². The first-order valence-electron chi connectivity index (χ1n) is 7.55. The Morgan fingerprint density at radius 1 is 1.31 bits per heavy atom. The molecule has 142 valence electrons. The standard InChI is InChI=1S/C16H16ClNO2S.H2O4S/c1-10-8-11-9-18(7-6-14(11)21-10)15(16(19)20)12-4-2-3-5-13(12)17;1-5(2,3)4/h2-5,8,15H,6-7,9H2,1H3,(H,19,20);(H2,1,2,3,4)/t15-;/m0./s1. The second-order valence-electron chi connectivity index (χ2n) is 5.74. The van der Waals surface area contributed by atoms with E-state index in [0.717, 1.165) is 13.0 Å². The van der Waals surface area contributed by atoms with Gasteiger partial charge in [0.25, 0.3) is 0 Å². The summed E-state index contributed by atoms with van der Waals surface area (Å²) in [7, 11) is -4.67. The molecule has 0 radical (unpaired) electrons. The van der Waals surface area contributed by atoms with Gasteiger partial charge in [-0.15, -0.1) is 11.3 Å². The topological polar surface area (TPSA) is 115 Å². The summed E-state index contributed by atoms with van der Waals surface area (Å²) in [5.41, 5.74) is 1.92. The first-order valence-corrected chi connectivity index (χ1v) is 10.1. The molecular weight excluding hydrogens is 402 g/mol. The van der Waals surface area contributed by atoms with Crippen molar-refractivity contribution in [2.75, 3.05) is 6.54 Å². The summed E-state index contributed by atoms with van der Waals surface area (Å²) in [5, 5.41) is 10.2. The van der Waals surface area contributed by atoms with E-state index in [0.29, 0.717) is 17.1 Å². The zero-order chi connectivity index (χ0) is 19.5. The fourth-order valence-corrected chi connectivity index (χ4v) is 4.18. The molecule has 1 aromatic heterocycles. The summed E-state index contributed by atoms with van der Waals surface area (Å²) in [5.74, 6) is -0.849. The van der Waals surface area contributed by atoms with Gasteiger partial charge in [-0.05, 0) is 36.6 Å². The lowest BCUT2D eigenvalue weighted by Gasteiger charge is -2.32. The molecule has 0 bridgehead atoms. The summed E-state index contributed by atoms with van der Waals surface area (Å²) < 4.78 is 31.6. The highest BCUT2D eigenvalue weighted by Gasteiger charge is 2.32. The van der Waals surface area contributed by atoms with Crippen LogP contribution in [0.4, 0.5) is 0 Å². The number of hydrogen-bond donors (Lipinski definition) is 3. The number of thiophene rings is 1. The number of aryl methyl sites for hydroxylation is 1. The van der Waals surface area contributed by atoms with E-state index in [2.05, 4.69) is 13.0 Å². The number of nitrogens with zero attached hydrogens (tertiary/aromatic N) is 1. The van der Waals surface area contributed by atoms with Crippen molar-refractivity contribution in [3.8, 4) is 0 Å². The Morgan fingerprint density at radius 2 is 1.92 bits per heavy atom. The highest BCUT2D eigenvalue weighted by Crippen LogP contribution is 2.34. The molecule has 1 aliphatic heterocycles. The molecule has 0 aliphatic carbocycles. The van der Waals surface area contributed by atoms with Crippen LogP contribution in [0.5, 0.6) is 0 Å². The van der Waals surface area contributed by atoms with Crippen molar-refractivity contribution in [2.24, 2.45) is 0 Å². The van der Waals surface area contributed by atoms with Crippen LogP contribution >= 0.6 is 22.9 Å². The maximum absolute atomic E-state index is 11.8. The van der Waals surface area contributed by atoms with Crippen molar-refractivity contribution >= 4 is 39.3 Å². The third-order valence-electron chi connectivity index (χ3n) is 3.82. The van der Waals surface area contributed by atoms with Gasteiger partial charge in [0, 0.05) is 27.9 Å². The monoisotopic (exact) mass is 419 g/mol. The number of carboxylic acids is 1. The largest absolute Gasteiger partial charge is 0.480 e. The molecule has 0 unspecified atom stereocenters. The average molecular weight is 420 g/mol. The molecule has 2 aromatic rings. The smallest absolute Gasteiger partial charge is 0.394 e. The summed E-state index contributed by atoms with van der Waals surface area (Å²) in [4.78, 5) is 16.4. The Labute approximate surface area is 160 Å². The fraction of sp³-hybridized carbons (Fsp3) is 0.312. The van der Waals surface area contributed by atoms with E-state index in [4.69, 9.17) is 29.1 Å². The zero-order valence-electron chi connectivity index (χ0n) is 13.8. The second-order valence-corrected chi connectivity index (χ2v) is 8.38. The van der Waals surface area contributed by atoms with Crippen molar-refractivity contribution in [2.45, 2.75) is 25.9 Å². The molecule has 0 saturated heterocycles. The normalized spacial score (nSPS) is 15.5. The van der Waals surface area contributed by atoms with Crippen molar-refractivity contribution in [3.63, 3.8) is 0 Å². The maximum Gasteiger partial charge on any atom is 0.394 e. The predicted octanol–water partition coefficient (Wildman–Crippen LogP) is 3.24. The van der Waals surface area contributed by atoms with Gasteiger partial charge in [-0.25, -0.2) is 0 Å². The highest BCUT2D eigenvalue weighted by atomic mass is 35.5. The van der Waals surface area contributed by atoms with E-state index in [1.54, 1.807) is 12.1 Å². The minimum absolute atomic E-state index is 0.511. The third kappa shape index (κ3) is 5.76. The van der Waals surface area contributed by atoms with Crippen LogP contribution in [0.25, 0.3) is 0 Å². The minimum Gasteiger partial charge on any atom is -0.480 e. The molecule has 1 atom stereocenters. The number of rotatable bonds is 3. The SMILES string of the molecule is Cc1cc2c(s1)CCN([C@H](C(=O)O)c1ccccc1Cl)C2.O=S(=O)(O)O. The van der Waals surface area contributed by atoms with E-state index in [1.807, 2.05) is 28.4 Å². The number of benzene rings is 1. The van der Waals surface area contributed by atoms with Crippen LogP contribution in [0.3, 0.4) is 0 Å². The molecule has 0 saturated carbocycles. The van der Waals surface area contributed by atoms with Gasteiger partial charge in [0.15, 0.2) is 0 Å². The molecule has 2 heterocycles. The number of hydrogen-bond acceptors (Lipinski definition) is 5. The van der Waals surface area contributed by atoms with Gasteiger partial charge in [-0.2, -0.15) is 8.42 Å². The van der Waals surface area contributed by atoms with E-state index < -0.39 is 22.4 Å². The Balaban J connectivity index is 0.000000431. The maximum atomic E-state index is 11.8. The Hall–Kier alpha value is -1.49. The molecule has 0 spiro atoms. The highest BCUT2D eigenvalue weighted by molar-refractivity contribution is 7.79. The lowest BCUT2D eigenvalue weighted by atomic mass is 10.0. The molecule has 3 rings (SSSR count). The van der Waals surface area contributed by atoms with Gasteiger partial charge < -0.3 is 5.11 Å². The Bertz CT molecular complexity index is 888. The minimum atomic E-state index is -4.67. The van der Waals surface area contributed by atoms with Gasteiger partial charge >= 0.3 is 16.4 Å². The fourth-order valence-electron chi connectivity index (χ4n) is 2.91. The predicted molar refractivity (Wildman–Crippen MR) is 99.2 cm³/mol. The van der Waals surface area contributed by atoms with Crippen molar-refractivity contribution in [1.29, 1.82) is 0 Å². The molecule has 1 aromatic carbocycles. The van der Waals surface area contributed by atoms with E-state index in [1.165, 1.54) is 15.3 Å². The number of carbonyl (C=O) groups is 1. The second kappa shape index (κ2) is 8.47. The molecule has 1 aliphatic rings. The van der Waals surface area contributed by atoms with Gasteiger partial charge in [0.2, 0.25) is 0 Å². The van der Waals surface area contributed by atoms with Crippen LogP contribution in [0, 0.1) is 6.92 Å². The van der Waals surface area contributed by atoms with Gasteiger partial charge in [0.05, 0.1) is 0 Å². The molecule has 7 nitrogen and oxygen atoms in total. The van der Waals surface area contributed by atoms with E-state index in [-0.39, 0.29) is 0 Å². The van der Waals surface area contributed by atoms with E-state index >= 15 is 0 Å². The quantitative estimate of drug-likeness (QED) is 0.654. The molecule has 10 heteroatoms. The van der Waals surface area contributed by atoms with Gasteiger partial charge in [-0.3, -0.25) is 18.8 Å². The van der Waals surface area contributed by atoms with Crippen molar-refractivity contribution in [1.82, 2.24) is 4.90 Å². The molecule has 26 heavy (non-hydrogen) atoms. The Morgan fingerprint density at radius 3 is 2.50 bits per heavy atom. The van der Waals surface area contributed by atoms with Crippen LogP contribution in [0.15, 0.2) is 30.3 Å². The first-order chi connectivity index (χ1) is 12.1. The van der Waals surface area contributed by atoms with E-state index in [9.17, 15) is 9.90 Å². The van der Waals surface area contributed by atoms with Crippen LogP contribution < -0.4 is 0 Å².